The van der Waals surface area contributed by atoms with Gasteiger partial charge in [-0.2, -0.15) is 0 Å². The van der Waals surface area contributed by atoms with Crippen LogP contribution in [-0.2, 0) is 0 Å². The van der Waals surface area contributed by atoms with E-state index in [1.54, 1.807) is 24.9 Å². The highest BCUT2D eigenvalue weighted by Gasteiger charge is 2.15. The Labute approximate surface area is 124 Å². The van der Waals surface area contributed by atoms with Gasteiger partial charge in [0.25, 0.3) is 5.91 Å². The zero-order valence-corrected chi connectivity index (χ0v) is 12.8. The lowest BCUT2D eigenvalue weighted by molar-refractivity contribution is 0.0763. The van der Waals surface area contributed by atoms with E-state index in [4.69, 9.17) is 9.26 Å². The fraction of sp³-hybridized carbons (Fsp3) is 0.375. The number of carbonyl (C=O) groups excluding carboxylic acids is 1. The van der Waals surface area contributed by atoms with Crippen molar-refractivity contribution >= 4 is 5.91 Å². The summed E-state index contributed by atoms with van der Waals surface area (Å²) in [5, 5.41) is 3.72. The summed E-state index contributed by atoms with van der Waals surface area (Å²) in [4.78, 5) is 13.6. The second-order valence-electron chi connectivity index (χ2n) is 5.22. The van der Waals surface area contributed by atoms with E-state index in [0.29, 0.717) is 24.6 Å². The maximum Gasteiger partial charge on any atom is 0.275 e. The molecule has 0 bridgehead atoms. The van der Waals surface area contributed by atoms with Gasteiger partial charge in [-0.25, -0.2) is 0 Å². The summed E-state index contributed by atoms with van der Waals surface area (Å²) in [6.07, 6.45) is 0. The number of nitrogens with zero attached hydrogens (tertiary/aromatic N) is 2. The summed E-state index contributed by atoms with van der Waals surface area (Å²) in [5.41, 5.74) is 2.64. The highest BCUT2D eigenvalue weighted by Crippen LogP contribution is 2.16. The number of rotatable bonds is 5. The number of hydrogen-bond acceptors (Lipinski definition) is 4. The van der Waals surface area contributed by atoms with Crippen molar-refractivity contribution in [2.75, 3.05) is 20.2 Å². The van der Waals surface area contributed by atoms with Crippen LogP contribution in [0, 0.1) is 20.8 Å². The molecule has 0 saturated carbocycles. The summed E-state index contributed by atoms with van der Waals surface area (Å²) >= 11 is 0. The largest absolute Gasteiger partial charge is 0.492 e. The van der Waals surface area contributed by atoms with Crippen LogP contribution >= 0.6 is 0 Å². The average Bonchev–Trinajstić information content (AvgIpc) is 2.83. The van der Waals surface area contributed by atoms with Crippen LogP contribution in [0.15, 0.2) is 28.8 Å². The molecule has 2 rings (SSSR count). The lowest BCUT2D eigenvalue weighted by Gasteiger charge is -2.16. The van der Waals surface area contributed by atoms with Crippen molar-refractivity contribution in [2.24, 2.45) is 0 Å². The third kappa shape index (κ3) is 4.08. The van der Waals surface area contributed by atoms with Crippen LogP contribution in [0.2, 0.25) is 0 Å². The molecule has 1 amide bonds. The minimum atomic E-state index is -0.170. The number of carbonyl (C=O) groups is 1. The molecule has 0 aliphatic heterocycles. The lowest BCUT2D eigenvalue weighted by Crippen LogP contribution is -2.31. The smallest absolute Gasteiger partial charge is 0.275 e. The van der Waals surface area contributed by atoms with Crippen molar-refractivity contribution in [2.45, 2.75) is 20.8 Å². The SMILES string of the molecule is Cc1cc(C)cc(OCCN(C)C(=O)c2cc(C)on2)c1. The van der Waals surface area contributed by atoms with Gasteiger partial charge in [0.2, 0.25) is 0 Å². The number of benzene rings is 1. The van der Waals surface area contributed by atoms with Crippen LogP contribution in [0.25, 0.3) is 0 Å². The molecular formula is C16H20N2O3. The van der Waals surface area contributed by atoms with E-state index in [1.807, 2.05) is 26.0 Å². The van der Waals surface area contributed by atoms with Crippen molar-refractivity contribution in [3.05, 3.63) is 46.8 Å². The highest BCUT2D eigenvalue weighted by molar-refractivity contribution is 5.92. The number of aryl methyl sites for hydroxylation is 3. The van der Waals surface area contributed by atoms with Gasteiger partial charge in [0.05, 0.1) is 6.54 Å². The summed E-state index contributed by atoms with van der Waals surface area (Å²) in [5.74, 6) is 1.28. The Morgan fingerprint density at radius 2 is 1.86 bits per heavy atom. The molecule has 0 radical (unpaired) electrons. The van der Waals surface area contributed by atoms with Crippen LogP contribution < -0.4 is 4.74 Å². The Morgan fingerprint density at radius 3 is 2.43 bits per heavy atom. The fourth-order valence-corrected chi connectivity index (χ4v) is 2.08. The van der Waals surface area contributed by atoms with E-state index in [0.717, 1.165) is 16.9 Å². The molecule has 5 heteroatoms. The molecule has 112 valence electrons. The number of amides is 1. The summed E-state index contributed by atoms with van der Waals surface area (Å²) in [7, 11) is 1.72. The van der Waals surface area contributed by atoms with Crippen molar-refractivity contribution in [3.8, 4) is 5.75 Å². The first kappa shape index (κ1) is 15.1. The Morgan fingerprint density at radius 1 is 1.19 bits per heavy atom. The molecule has 1 aromatic heterocycles. The summed E-state index contributed by atoms with van der Waals surface area (Å²) < 4.78 is 10.6. The van der Waals surface area contributed by atoms with Gasteiger partial charge in [0.15, 0.2) is 5.69 Å². The average molecular weight is 288 g/mol. The zero-order chi connectivity index (χ0) is 15.4. The van der Waals surface area contributed by atoms with Crippen LogP contribution in [0.3, 0.4) is 0 Å². The van der Waals surface area contributed by atoms with E-state index in [-0.39, 0.29) is 5.91 Å². The molecule has 0 spiro atoms. The number of aromatic nitrogens is 1. The number of ether oxygens (including phenoxy) is 1. The Hall–Kier alpha value is -2.30. The fourth-order valence-electron chi connectivity index (χ4n) is 2.08. The van der Waals surface area contributed by atoms with Crippen LogP contribution in [-0.4, -0.2) is 36.2 Å². The van der Waals surface area contributed by atoms with Crippen LogP contribution in [0.5, 0.6) is 5.75 Å². The van der Waals surface area contributed by atoms with Crippen molar-refractivity contribution < 1.29 is 14.1 Å². The molecule has 2 aromatic rings. The maximum atomic E-state index is 12.1. The number of hydrogen-bond donors (Lipinski definition) is 0. The molecule has 0 atom stereocenters. The lowest BCUT2D eigenvalue weighted by atomic mass is 10.1. The van der Waals surface area contributed by atoms with Gasteiger partial charge < -0.3 is 14.2 Å². The van der Waals surface area contributed by atoms with Gasteiger partial charge in [-0.3, -0.25) is 4.79 Å². The Balaban J connectivity index is 1.86. The van der Waals surface area contributed by atoms with E-state index < -0.39 is 0 Å². The standard InChI is InChI=1S/C16H20N2O3/c1-11-7-12(2)9-14(8-11)20-6-5-18(4)16(19)15-10-13(3)21-17-15/h7-10H,5-6H2,1-4H3. The van der Waals surface area contributed by atoms with Crippen LogP contribution in [0.1, 0.15) is 27.4 Å². The highest BCUT2D eigenvalue weighted by atomic mass is 16.5. The van der Waals surface area contributed by atoms with Crippen molar-refractivity contribution in [1.82, 2.24) is 10.1 Å². The van der Waals surface area contributed by atoms with E-state index >= 15 is 0 Å². The molecule has 5 nitrogen and oxygen atoms in total. The second kappa shape index (κ2) is 6.43. The molecule has 0 N–H and O–H groups in total. The van der Waals surface area contributed by atoms with E-state index in [1.165, 1.54) is 0 Å². The van der Waals surface area contributed by atoms with Gasteiger partial charge >= 0.3 is 0 Å². The third-order valence-corrected chi connectivity index (χ3v) is 3.08. The Kier molecular flexibility index (Phi) is 4.62. The van der Waals surface area contributed by atoms with Gasteiger partial charge in [-0.15, -0.1) is 0 Å². The first-order valence-corrected chi connectivity index (χ1v) is 6.85. The van der Waals surface area contributed by atoms with Crippen molar-refractivity contribution in [1.29, 1.82) is 0 Å². The molecule has 1 heterocycles. The maximum absolute atomic E-state index is 12.1. The molecule has 0 unspecified atom stereocenters. The summed E-state index contributed by atoms with van der Waals surface area (Å²) in [6.45, 7) is 6.73. The third-order valence-electron chi connectivity index (χ3n) is 3.08. The van der Waals surface area contributed by atoms with Gasteiger partial charge in [0.1, 0.15) is 18.1 Å². The first-order chi connectivity index (χ1) is 9.95. The van der Waals surface area contributed by atoms with Crippen LogP contribution in [0.4, 0.5) is 0 Å². The van der Waals surface area contributed by atoms with Gasteiger partial charge in [0, 0.05) is 13.1 Å². The first-order valence-electron chi connectivity index (χ1n) is 6.85. The molecular weight excluding hydrogens is 268 g/mol. The molecule has 21 heavy (non-hydrogen) atoms. The topological polar surface area (TPSA) is 55.6 Å². The minimum absolute atomic E-state index is 0.170. The molecule has 0 fully saturated rings. The molecule has 0 aliphatic carbocycles. The zero-order valence-electron chi connectivity index (χ0n) is 12.8. The number of likely N-dealkylation sites (N-methyl/N-ethyl adjacent to an activating group) is 1. The molecule has 0 aliphatic rings. The predicted molar refractivity (Wildman–Crippen MR) is 79.6 cm³/mol. The van der Waals surface area contributed by atoms with Crippen molar-refractivity contribution in [3.63, 3.8) is 0 Å². The van der Waals surface area contributed by atoms with Gasteiger partial charge in [-0.1, -0.05) is 11.2 Å². The van der Waals surface area contributed by atoms with E-state index in [9.17, 15) is 4.79 Å². The molecule has 1 aromatic carbocycles. The predicted octanol–water partition coefficient (Wildman–Crippen LogP) is 2.75. The summed E-state index contributed by atoms with van der Waals surface area (Å²) in [6, 6.07) is 7.69. The van der Waals surface area contributed by atoms with E-state index in [2.05, 4.69) is 11.2 Å². The van der Waals surface area contributed by atoms with Gasteiger partial charge in [-0.05, 0) is 44.0 Å². The second-order valence-corrected chi connectivity index (χ2v) is 5.22. The monoisotopic (exact) mass is 288 g/mol. The minimum Gasteiger partial charge on any atom is -0.492 e. The Bertz CT molecular complexity index is 614. The normalized spacial score (nSPS) is 10.5. The quantitative estimate of drug-likeness (QED) is 0.849. The molecule has 0 saturated heterocycles.